The molecule has 6 nitrogen and oxygen atoms in total. The summed E-state index contributed by atoms with van der Waals surface area (Å²) in [5.41, 5.74) is 0. The van der Waals surface area contributed by atoms with Gasteiger partial charge in [-0.25, -0.2) is 4.79 Å². The first kappa shape index (κ1) is 12.0. The lowest BCUT2D eigenvalue weighted by Crippen LogP contribution is -2.24. The Morgan fingerprint density at radius 2 is 2.18 bits per heavy atom. The molecule has 2 rings (SSSR count). The maximum absolute atomic E-state index is 11.7. The van der Waals surface area contributed by atoms with Gasteiger partial charge in [-0.15, -0.1) is 10.2 Å². The number of nitrogens with zero attached hydrogens (tertiary/aromatic N) is 3. The van der Waals surface area contributed by atoms with Gasteiger partial charge in [0.1, 0.15) is 5.82 Å². The number of rotatable bonds is 3. The Bertz CT molecular complexity index is 397. The second-order valence-electron chi connectivity index (χ2n) is 4.00. The second-order valence-corrected chi connectivity index (χ2v) is 4.00. The Labute approximate surface area is 99.9 Å². The highest BCUT2D eigenvalue weighted by molar-refractivity contribution is 5.85. The molecule has 0 saturated carbocycles. The molecule has 1 saturated heterocycles. The summed E-state index contributed by atoms with van der Waals surface area (Å²) in [6.45, 7) is 5.40. The minimum absolute atomic E-state index is 0.234. The van der Waals surface area contributed by atoms with Gasteiger partial charge < -0.3 is 14.0 Å². The van der Waals surface area contributed by atoms with Crippen molar-refractivity contribution in [2.45, 2.75) is 32.7 Å². The zero-order valence-corrected chi connectivity index (χ0v) is 10.2. The van der Waals surface area contributed by atoms with E-state index in [9.17, 15) is 4.79 Å². The summed E-state index contributed by atoms with van der Waals surface area (Å²) < 4.78 is 12.2. The summed E-state index contributed by atoms with van der Waals surface area (Å²) in [5, 5.41) is 7.87. The van der Waals surface area contributed by atoms with Crippen LogP contribution in [0.25, 0.3) is 0 Å². The van der Waals surface area contributed by atoms with Crippen LogP contribution in [0.1, 0.15) is 42.3 Å². The van der Waals surface area contributed by atoms with E-state index < -0.39 is 5.97 Å². The van der Waals surface area contributed by atoms with Crippen molar-refractivity contribution in [1.29, 1.82) is 0 Å². The van der Waals surface area contributed by atoms with Crippen LogP contribution in [0.4, 0.5) is 0 Å². The van der Waals surface area contributed by atoms with Gasteiger partial charge in [0, 0.05) is 19.3 Å². The smallest absolute Gasteiger partial charge is 0.376 e. The average Bonchev–Trinajstić information content (AvgIpc) is 2.73. The molecule has 0 aliphatic carbocycles. The maximum Gasteiger partial charge on any atom is 0.376 e. The van der Waals surface area contributed by atoms with Gasteiger partial charge >= 0.3 is 5.97 Å². The maximum atomic E-state index is 11.7. The fourth-order valence-electron chi connectivity index (χ4n) is 2.08. The molecule has 2 heterocycles. The van der Waals surface area contributed by atoms with Gasteiger partial charge in [0.25, 0.3) is 0 Å². The average molecular weight is 239 g/mol. The summed E-state index contributed by atoms with van der Waals surface area (Å²) in [6, 6.07) is 0.234. The van der Waals surface area contributed by atoms with Crippen molar-refractivity contribution in [3.63, 3.8) is 0 Å². The molecule has 0 aromatic carbocycles. The number of aromatic nitrogens is 3. The molecule has 1 fully saturated rings. The van der Waals surface area contributed by atoms with Gasteiger partial charge in [0.05, 0.1) is 6.61 Å². The van der Waals surface area contributed by atoms with Gasteiger partial charge in [-0.3, -0.25) is 0 Å². The molecule has 0 N–H and O–H groups in total. The molecule has 0 radical (unpaired) electrons. The summed E-state index contributed by atoms with van der Waals surface area (Å²) in [5.74, 6) is 0.649. The molecule has 0 spiro atoms. The van der Waals surface area contributed by atoms with Crippen molar-refractivity contribution in [2.75, 3.05) is 19.8 Å². The zero-order chi connectivity index (χ0) is 12.3. The van der Waals surface area contributed by atoms with Crippen LogP contribution in [0.15, 0.2) is 0 Å². The molecule has 0 unspecified atom stereocenters. The van der Waals surface area contributed by atoms with Crippen molar-refractivity contribution in [1.82, 2.24) is 14.8 Å². The topological polar surface area (TPSA) is 66.2 Å². The SMILES string of the molecule is CCOC(=O)c1nnc(C)n1C1CCOCC1. The molecular formula is C11H17N3O3. The Hall–Kier alpha value is -1.43. The predicted molar refractivity (Wildman–Crippen MR) is 59.8 cm³/mol. The summed E-state index contributed by atoms with van der Waals surface area (Å²) in [6.07, 6.45) is 1.76. The summed E-state index contributed by atoms with van der Waals surface area (Å²) in [7, 11) is 0. The van der Waals surface area contributed by atoms with Gasteiger partial charge in [0.15, 0.2) is 0 Å². The van der Waals surface area contributed by atoms with Gasteiger partial charge in [-0.1, -0.05) is 0 Å². The molecule has 1 aromatic rings. The lowest BCUT2D eigenvalue weighted by Gasteiger charge is -2.24. The monoisotopic (exact) mass is 239 g/mol. The van der Waals surface area contributed by atoms with Crippen molar-refractivity contribution in [3.8, 4) is 0 Å². The quantitative estimate of drug-likeness (QED) is 0.739. The molecule has 0 bridgehead atoms. The first-order valence-corrected chi connectivity index (χ1v) is 5.90. The van der Waals surface area contributed by atoms with Gasteiger partial charge in [-0.05, 0) is 26.7 Å². The Kier molecular flexibility index (Phi) is 3.73. The third kappa shape index (κ3) is 2.46. The Balaban J connectivity index is 2.25. The molecule has 0 amide bonds. The van der Waals surface area contributed by atoms with E-state index in [1.807, 2.05) is 11.5 Å². The van der Waals surface area contributed by atoms with Crippen LogP contribution in [0, 0.1) is 6.92 Å². The van der Waals surface area contributed by atoms with Crippen molar-refractivity contribution < 1.29 is 14.3 Å². The van der Waals surface area contributed by atoms with E-state index in [1.165, 1.54) is 0 Å². The molecule has 1 aliphatic heterocycles. The highest BCUT2D eigenvalue weighted by Crippen LogP contribution is 2.23. The highest BCUT2D eigenvalue weighted by atomic mass is 16.5. The van der Waals surface area contributed by atoms with Crippen LogP contribution in [0.5, 0.6) is 0 Å². The van der Waals surface area contributed by atoms with Gasteiger partial charge in [-0.2, -0.15) is 0 Å². The molecular weight excluding hydrogens is 222 g/mol. The number of hydrogen-bond acceptors (Lipinski definition) is 5. The molecule has 94 valence electrons. The number of carbonyl (C=O) groups is 1. The van der Waals surface area contributed by atoms with Crippen molar-refractivity contribution in [3.05, 3.63) is 11.6 Å². The van der Waals surface area contributed by atoms with E-state index in [4.69, 9.17) is 9.47 Å². The minimum atomic E-state index is -0.403. The van der Waals surface area contributed by atoms with Crippen LogP contribution in [0.2, 0.25) is 0 Å². The van der Waals surface area contributed by atoms with E-state index in [1.54, 1.807) is 6.92 Å². The minimum Gasteiger partial charge on any atom is -0.460 e. The Morgan fingerprint density at radius 1 is 1.47 bits per heavy atom. The number of hydrogen-bond donors (Lipinski definition) is 0. The lowest BCUT2D eigenvalue weighted by atomic mass is 10.1. The summed E-state index contributed by atoms with van der Waals surface area (Å²) >= 11 is 0. The first-order chi connectivity index (χ1) is 8.24. The first-order valence-electron chi connectivity index (χ1n) is 5.90. The van der Waals surface area contributed by atoms with Crippen LogP contribution in [-0.4, -0.2) is 40.6 Å². The zero-order valence-electron chi connectivity index (χ0n) is 10.2. The number of ether oxygens (including phenoxy) is 2. The van der Waals surface area contributed by atoms with E-state index >= 15 is 0 Å². The molecule has 0 atom stereocenters. The third-order valence-electron chi connectivity index (χ3n) is 2.88. The van der Waals surface area contributed by atoms with E-state index in [0.29, 0.717) is 25.6 Å². The van der Waals surface area contributed by atoms with Crippen LogP contribution >= 0.6 is 0 Å². The molecule has 6 heteroatoms. The fraction of sp³-hybridized carbons (Fsp3) is 0.727. The number of aryl methyl sites for hydroxylation is 1. The standard InChI is InChI=1S/C11H17N3O3/c1-3-17-11(15)10-13-12-8(2)14(10)9-4-6-16-7-5-9/h9H,3-7H2,1-2H3. The fourth-order valence-corrected chi connectivity index (χ4v) is 2.08. The largest absolute Gasteiger partial charge is 0.460 e. The van der Waals surface area contributed by atoms with Crippen LogP contribution in [-0.2, 0) is 9.47 Å². The molecule has 1 aromatic heterocycles. The molecule has 1 aliphatic rings. The van der Waals surface area contributed by atoms with Crippen molar-refractivity contribution >= 4 is 5.97 Å². The number of carbonyl (C=O) groups excluding carboxylic acids is 1. The Morgan fingerprint density at radius 3 is 2.82 bits per heavy atom. The van der Waals surface area contributed by atoms with E-state index in [0.717, 1.165) is 18.7 Å². The van der Waals surface area contributed by atoms with Crippen molar-refractivity contribution in [2.24, 2.45) is 0 Å². The predicted octanol–water partition coefficient (Wildman–Crippen LogP) is 1.11. The van der Waals surface area contributed by atoms with E-state index in [2.05, 4.69) is 10.2 Å². The van der Waals surface area contributed by atoms with Gasteiger partial charge in [0.2, 0.25) is 5.82 Å². The third-order valence-corrected chi connectivity index (χ3v) is 2.88. The number of esters is 1. The van der Waals surface area contributed by atoms with Crippen LogP contribution < -0.4 is 0 Å². The lowest BCUT2D eigenvalue weighted by molar-refractivity contribution is 0.0471. The summed E-state index contributed by atoms with van der Waals surface area (Å²) in [4.78, 5) is 11.7. The van der Waals surface area contributed by atoms with Crippen LogP contribution in [0.3, 0.4) is 0 Å². The second kappa shape index (κ2) is 5.27. The van der Waals surface area contributed by atoms with E-state index in [-0.39, 0.29) is 6.04 Å². The normalized spacial score (nSPS) is 17.1. The highest BCUT2D eigenvalue weighted by Gasteiger charge is 2.25. The molecule has 17 heavy (non-hydrogen) atoms.